The van der Waals surface area contributed by atoms with E-state index in [1.165, 1.54) is 0 Å². The Bertz CT molecular complexity index is 759. The Morgan fingerprint density at radius 2 is 1.50 bits per heavy atom. The molecule has 0 saturated heterocycles. The average Bonchev–Trinajstić information content (AvgIpc) is 2.56. The molecule has 0 spiro atoms. The van der Waals surface area contributed by atoms with E-state index in [2.05, 4.69) is 16.0 Å². The van der Waals surface area contributed by atoms with Crippen molar-refractivity contribution < 1.29 is 0 Å². The maximum Gasteiger partial charge on any atom is 0.0998 e. The molecule has 0 aliphatic carbocycles. The first-order valence-electron chi connectivity index (χ1n) is 6.23. The third-order valence-corrected chi connectivity index (χ3v) is 3.11. The van der Waals surface area contributed by atoms with Gasteiger partial charge >= 0.3 is 0 Å². The van der Waals surface area contributed by atoms with Crippen LogP contribution < -0.4 is 0 Å². The number of aromatic nitrogens is 2. The molecule has 0 fully saturated rings. The molecule has 0 aliphatic heterocycles. The summed E-state index contributed by atoms with van der Waals surface area (Å²) in [7, 11) is 0. The van der Waals surface area contributed by atoms with Gasteiger partial charge in [-0.25, -0.2) is 0 Å². The van der Waals surface area contributed by atoms with E-state index >= 15 is 0 Å². The molecule has 3 aromatic rings. The van der Waals surface area contributed by atoms with Crippen molar-refractivity contribution in [2.24, 2.45) is 0 Å². The van der Waals surface area contributed by atoms with Crippen molar-refractivity contribution in [3.63, 3.8) is 0 Å². The largest absolute Gasteiger partial charge is 0.264 e. The third kappa shape index (κ3) is 2.27. The first-order chi connectivity index (χ1) is 9.88. The molecule has 3 nitrogen and oxygen atoms in total. The van der Waals surface area contributed by atoms with Crippen LogP contribution in [0.1, 0.15) is 5.56 Å². The minimum atomic E-state index is 0.638. The summed E-state index contributed by atoms with van der Waals surface area (Å²) in [6.07, 6.45) is 7.01. The lowest BCUT2D eigenvalue weighted by Crippen LogP contribution is -1.87. The fourth-order valence-corrected chi connectivity index (χ4v) is 2.12. The summed E-state index contributed by atoms with van der Waals surface area (Å²) in [6.45, 7) is 0. The Morgan fingerprint density at radius 3 is 2.10 bits per heavy atom. The van der Waals surface area contributed by atoms with Gasteiger partial charge < -0.3 is 0 Å². The van der Waals surface area contributed by atoms with E-state index in [-0.39, 0.29) is 0 Å². The Morgan fingerprint density at radius 1 is 0.800 bits per heavy atom. The zero-order valence-corrected chi connectivity index (χ0v) is 10.7. The van der Waals surface area contributed by atoms with Crippen molar-refractivity contribution >= 4 is 0 Å². The zero-order valence-electron chi connectivity index (χ0n) is 10.7. The standard InChI is InChI=1S/C17H11N3/c18-10-16-9-13(14-3-1-7-19-11-14)5-6-17(16)15-4-2-8-20-12-15/h1-9,11-12H. The van der Waals surface area contributed by atoms with Crippen molar-refractivity contribution in [3.05, 3.63) is 72.8 Å². The van der Waals surface area contributed by atoms with Gasteiger partial charge in [0.05, 0.1) is 11.6 Å². The molecule has 94 valence electrons. The minimum Gasteiger partial charge on any atom is -0.264 e. The van der Waals surface area contributed by atoms with Gasteiger partial charge in [-0.1, -0.05) is 24.3 Å². The molecule has 0 N–H and O–H groups in total. The Hall–Kier alpha value is -2.99. The highest BCUT2D eigenvalue weighted by Gasteiger charge is 2.07. The van der Waals surface area contributed by atoms with Gasteiger partial charge in [0.2, 0.25) is 0 Å². The minimum absolute atomic E-state index is 0.638. The molecular weight excluding hydrogens is 246 g/mol. The summed E-state index contributed by atoms with van der Waals surface area (Å²) < 4.78 is 0. The smallest absolute Gasteiger partial charge is 0.0998 e. The quantitative estimate of drug-likeness (QED) is 0.703. The van der Waals surface area contributed by atoms with E-state index < -0.39 is 0 Å². The van der Waals surface area contributed by atoms with Gasteiger partial charge in [-0.05, 0) is 23.8 Å². The average molecular weight is 257 g/mol. The molecule has 2 aromatic heterocycles. The van der Waals surface area contributed by atoms with Gasteiger partial charge in [-0.15, -0.1) is 0 Å². The Kier molecular flexibility index (Phi) is 3.22. The van der Waals surface area contributed by atoms with E-state index in [1.54, 1.807) is 24.8 Å². The lowest BCUT2D eigenvalue weighted by Gasteiger charge is -2.07. The lowest BCUT2D eigenvalue weighted by atomic mass is 9.97. The van der Waals surface area contributed by atoms with Crippen LogP contribution in [-0.4, -0.2) is 9.97 Å². The topological polar surface area (TPSA) is 49.6 Å². The maximum atomic E-state index is 9.37. The molecule has 0 amide bonds. The molecule has 20 heavy (non-hydrogen) atoms. The van der Waals surface area contributed by atoms with E-state index in [4.69, 9.17) is 0 Å². The monoisotopic (exact) mass is 257 g/mol. The second-order valence-electron chi connectivity index (χ2n) is 4.36. The van der Waals surface area contributed by atoms with Crippen LogP contribution in [-0.2, 0) is 0 Å². The Balaban J connectivity index is 2.11. The van der Waals surface area contributed by atoms with Crippen LogP contribution >= 0.6 is 0 Å². The summed E-state index contributed by atoms with van der Waals surface area (Å²) in [6, 6.07) is 15.8. The molecule has 3 heteroatoms. The van der Waals surface area contributed by atoms with Crippen molar-refractivity contribution in [3.8, 4) is 28.3 Å². The van der Waals surface area contributed by atoms with Crippen molar-refractivity contribution in [2.75, 3.05) is 0 Å². The van der Waals surface area contributed by atoms with Crippen molar-refractivity contribution in [1.82, 2.24) is 9.97 Å². The molecule has 2 heterocycles. The van der Waals surface area contributed by atoms with Crippen LogP contribution in [0.15, 0.2) is 67.3 Å². The molecule has 0 bridgehead atoms. The molecule has 0 saturated carbocycles. The number of hydrogen-bond acceptors (Lipinski definition) is 3. The molecule has 0 unspecified atom stereocenters. The predicted octanol–water partition coefficient (Wildman–Crippen LogP) is 3.68. The van der Waals surface area contributed by atoms with Crippen LogP contribution in [0.25, 0.3) is 22.3 Å². The molecule has 3 rings (SSSR count). The summed E-state index contributed by atoms with van der Waals surface area (Å²) >= 11 is 0. The van der Waals surface area contributed by atoms with Crippen LogP contribution in [0.5, 0.6) is 0 Å². The van der Waals surface area contributed by atoms with E-state index in [1.807, 2.05) is 42.5 Å². The second-order valence-corrected chi connectivity index (χ2v) is 4.36. The van der Waals surface area contributed by atoms with Gasteiger partial charge in [0.15, 0.2) is 0 Å². The van der Waals surface area contributed by atoms with Crippen LogP contribution in [0, 0.1) is 11.3 Å². The molecule has 0 radical (unpaired) electrons. The second kappa shape index (κ2) is 5.33. The predicted molar refractivity (Wildman–Crippen MR) is 77.6 cm³/mol. The normalized spacial score (nSPS) is 9.95. The molecular formula is C17H11N3. The van der Waals surface area contributed by atoms with Crippen molar-refractivity contribution in [2.45, 2.75) is 0 Å². The summed E-state index contributed by atoms with van der Waals surface area (Å²) in [4.78, 5) is 8.20. The van der Waals surface area contributed by atoms with Gasteiger partial charge in [0.25, 0.3) is 0 Å². The summed E-state index contributed by atoms with van der Waals surface area (Å²) in [5.74, 6) is 0. The first-order valence-corrected chi connectivity index (χ1v) is 6.23. The highest BCUT2D eigenvalue weighted by molar-refractivity contribution is 5.75. The first kappa shape index (κ1) is 12.1. The van der Waals surface area contributed by atoms with Gasteiger partial charge in [0.1, 0.15) is 0 Å². The van der Waals surface area contributed by atoms with Gasteiger partial charge in [-0.2, -0.15) is 5.26 Å². The van der Waals surface area contributed by atoms with E-state index in [0.717, 1.165) is 22.3 Å². The number of rotatable bonds is 2. The summed E-state index contributed by atoms with van der Waals surface area (Å²) in [5.41, 5.74) is 4.47. The van der Waals surface area contributed by atoms with Crippen LogP contribution in [0.4, 0.5) is 0 Å². The Labute approximate surface area is 117 Å². The van der Waals surface area contributed by atoms with E-state index in [9.17, 15) is 5.26 Å². The van der Waals surface area contributed by atoms with E-state index in [0.29, 0.717) is 5.56 Å². The van der Waals surface area contributed by atoms with Gasteiger partial charge in [-0.3, -0.25) is 9.97 Å². The highest BCUT2D eigenvalue weighted by atomic mass is 14.6. The number of pyridine rings is 2. The SMILES string of the molecule is N#Cc1cc(-c2cccnc2)ccc1-c1cccnc1. The molecule has 1 aromatic carbocycles. The number of benzene rings is 1. The number of nitrogens with zero attached hydrogens (tertiary/aromatic N) is 3. The molecule has 0 atom stereocenters. The van der Waals surface area contributed by atoms with Crippen LogP contribution in [0.3, 0.4) is 0 Å². The third-order valence-electron chi connectivity index (χ3n) is 3.11. The number of nitriles is 1. The van der Waals surface area contributed by atoms with Crippen molar-refractivity contribution in [1.29, 1.82) is 5.26 Å². The zero-order chi connectivity index (χ0) is 13.8. The maximum absolute atomic E-state index is 9.37. The fraction of sp³-hybridized carbons (Fsp3) is 0. The van der Waals surface area contributed by atoms with Gasteiger partial charge in [0, 0.05) is 41.5 Å². The fourth-order valence-electron chi connectivity index (χ4n) is 2.12. The van der Waals surface area contributed by atoms with Crippen LogP contribution in [0.2, 0.25) is 0 Å². The lowest BCUT2D eigenvalue weighted by molar-refractivity contribution is 1.32. The summed E-state index contributed by atoms with van der Waals surface area (Å²) in [5, 5.41) is 9.37. The highest BCUT2D eigenvalue weighted by Crippen LogP contribution is 2.27. The number of hydrogen-bond donors (Lipinski definition) is 0. The molecule has 0 aliphatic rings.